The predicted molar refractivity (Wildman–Crippen MR) is 86.1 cm³/mol. The molecule has 0 unspecified atom stereocenters. The number of aromatic amines is 1. The average Bonchev–Trinajstić information content (AvgIpc) is 2.95. The lowest BCUT2D eigenvalue weighted by Crippen LogP contribution is -2.17. The number of nitrogens with one attached hydrogen (secondary N) is 2. The summed E-state index contributed by atoms with van der Waals surface area (Å²) < 4.78 is 0. The van der Waals surface area contributed by atoms with Crippen LogP contribution in [0.25, 0.3) is 10.9 Å². The molecule has 0 fully saturated rings. The summed E-state index contributed by atoms with van der Waals surface area (Å²) in [5, 5.41) is 14.1. The van der Waals surface area contributed by atoms with Crippen molar-refractivity contribution in [2.75, 3.05) is 6.54 Å². The Labute approximate surface area is 124 Å². The SMILES string of the molecule is OCc1ccccc1CNCCc1c[nH]c2ccccc12. The maximum Gasteiger partial charge on any atom is 0.0685 e. The van der Waals surface area contributed by atoms with Gasteiger partial charge < -0.3 is 15.4 Å². The van der Waals surface area contributed by atoms with Crippen LogP contribution in [0.1, 0.15) is 16.7 Å². The Balaban J connectivity index is 1.57. The van der Waals surface area contributed by atoms with E-state index in [0.717, 1.165) is 25.1 Å². The van der Waals surface area contributed by atoms with Crippen LogP contribution in [0.3, 0.4) is 0 Å². The zero-order chi connectivity index (χ0) is 14.5. The molecule has 108 valence electrons. The van der Waals surface area contributed by atoms with Crippen LogP contribution in [-0.2, 0) is 19.6 Å². The average molecular weight is 280 g/mol. The van der Waals surface area contributed by atoms with Gasteiger partial charge in [-0.25, -0.2) is 0 Å². The minimum Gasteiger partial charge on any atom is -0.392 e. The second-order valence-electron chi connectivity index (χ2n) is 5.21. The monoisotopic (exact) mass is 280 g/mol. The van der Waals surface area contributed by atoms with Crippen molar-refractivity contribution in [3.8, 4) is 0 Å². The van der Waals surface area contributed by atoms with E-state index in [0.29, 0.717) is 0 Å². The molecule has 0 aliphatic heterocycles. The lowest BCUT2D eigenvalue weighted by molar-refractivity contribution is 0.280. The van der Waals surface area contributed by atoms with Crippen molar-refractivity contribution in [3.05, 3.63) is 71.4 Å². The first kappa shape index (κ1) is 13.9. The van der Waals surface area contributed by atoms with Gasteiger partial charge in [-0.1, -0.05) is 42.5 Å². The Morgan fingerprint density at radius 3 is 2.52 bits per heavy atom. The summed E-state index contributed by atoms with van der Waals surface area (Å²) in [6.07, 6.45) is 3.08. The second-order valence-corrected chi connectivity index (χ2v) is 5.21. The van der Waals surface area contributed by atoms with Crippen LogP contribution in [0, 0.1) is 0 Å². The van der Waals surface area contributed by atoms with Gasteiger partial charge in [0.1, 0.15) is 0 Å². The molecule has 0 aliphatic carbocycles. The van der Waals surface area contributed by atoms with E-state index in [1.165, 1.54) is 22.0 Å². The molecule has 0 saturated carbocycles. The number of para-hydroxylation sites is 1. The third-order valence-corrected chi connectivity index (χ3v) is 3.85. The van der Waals surface area contributed by atoms with Gasteiger partial charge in [0.05, 0.1) is 6.61 Å². The van der Waals surface area contributed by atoms with Gasteiger partial charge >= 0.3 is 0 Å². The first-order valence-electron chi connectivity index (χ1n) is 7.32. The number of hydrogen-bond acceptors (Lipinski definition) is 2. The Morgan fingerprint density at radius 2 is 1.67 bits per heavy atom. The zero-order valence-electron chi connectivity index (χ0n) is 12.0. The van der Waals surface area contributed by atoms with Crippen molar-refractivity contribution in [1.29, 1.82) is 0 Å². The quantitative estimate of drug-likeness (QED) is 0.608. The van der Waals surface area contributed by atoms with Crippen molar-refractivity contribution in [2.45, 2.75) is 19.6 Å². The molecule has 3 nitrogen and oxygen atoms in total. The molecule has 0 radical (unpaired) electrons. The predicted octanol–water partition coefficient (Wildman–Crippen LogP) is 2.99. The van der Waals surface area contributed by atoms with E-state index in [9.17, 15) is 5.11 Å². The number of hydrogen-bond donors (Lipinski definition) is 3. The molecule has 3 aromatic rings. The normalized spacial score (nSPS) is 11.1. The minimum absolute atomic E-state index is 0.0975. The van der Waals surface area contributed by atoms with E-state index >= 15 is 0 Å². The van der Waals surface area contributed by atoms with Gasteiger partial charge in [-0.3, -0.25) is 0 Å². The molecule has 1 heterocycles. The molecular weight excluding hydrogens is 260 g/mol. The smallest absolute Gasteiger partial charge is 0.0685 e. The minimum atomic E-state index is 0.0975. The highest BCUT2D eigenvalue weighted by molar-refractivity contribution is 5.83. The molecule has 0 bridgehead atoms. The van der Waals surface area contributed by atoms with Gasteiger partial charge in [-0.05, 0) is 35.7 Å². The largest absolute Gasteiger partial charge is 0.392 e. The van der Waals surface area contributed by atoms with Crippen molar-refractivity contribution in [2.24, 2.45) is 0 Å². The van der Waals surface area contributed by atoms with E-state index in [4.69, 9.17) is 0 Å². The van der Waals surface area contributed by atoms with Crippen LogP contribution < -0.4 is 5.32 Å². The maximum atomic E-state index is 9.31. The Kier molecular flexibility index (Phi) is 4.34. The zero-order valence-corrected chi connectivity index (χ0v) is 12.0. The highest BCUT2D eigenvalue weighted by Crippen LogP contribution is 2.17. The Hall–Kier alpha value is -2.10. The molecule has 2 aromatic carbocycles. The topological polar surface area (TPSA) is 48.0 Å². The second kappa shape index (κ2) is 6.57. The molecule has 3 rings (SSSR count). The van der Waals surface area contributed by atoms with E-state index < -0.39 is 0 Å². The highest BCUT2D eigenvalue weighted by Gasteiger charge is 2.03. The fourth-order valence-electron chi connectivity index (χ4n) is 2.67. The molecule has 3 heteroatoms. The fourth-order valence-corrected chi connectivity index (χ4v) is 2.67. The number of aliphatic hydroxyl groups excluding tert-OH is 1. The van der Waals surface area contributed by atoms with Crippen molar-refractivity contribution in [1.82, 2.24) is 10.3 Å². The number of fused-ring (bicyclic) bond motifs is 1. The number of aliphatic hydroxyl groups is 1. The molecule has 0 aliphatic rings. The van der Waals surface area contributed by atoms with Crippen LogP contribution >= 0.6 is 0 Å². The number of benzene rings is 2. The number of rotatable bonds is 6. The van der Waals surface area contributed by atoms with Gasteiger partial charge in [0.25, 0.3) is 0 Å². The summed E-state index contributed by atoms with van der Waals surface area (Å²) in [5.74, 6) is 0. The lowest BCUT2D eigenvalue weighted by Gasteiger charge is -2.08. The lowest BCUT2D eigenvalue weighted by atomic mass is 10.1. The molecule has 1 aromatic heterocycles. The van der Waals surface area contributed by atoms with E-state index in [2.05, 4.69) is 40.8 Å². The molecule has 0 atom stereocenters. The first-order chi connectivity index (χ1) is 10.4. The summed E-state index contributed by atoms with van der Waals surface area (Å²) >= 11 is 0. The van der Waals surface area contributed by atoms with Crippen molar-refractivity contribution >= 4 is 10.9 Å². The van der Waals surface area contributed by atoms with Gasteiger partial charge in [-0.2, -0.15) is 0 Å². The van der Waals surface area contributed by atoms with E-state index in [-0.39, 0.29) is 6.61 Å². The number of aromatic nitrogens is 1. The summed E-state index contributed by atoms with van der Waals surface area (Å²) in [7, 11) is 0. The van der Waals surface area contributed by atoms with Crippen LogP contribution in [0.2, 0.25) is 0 Å². The first-order valence-corrected chi connectivity index (χ1v) is 7.32. The summed E-state index contributed by atoms with van der Waals surface area (Å²) in [6, 6.07) is 16.4. The Bertz CT molecular complexity index is 718. The fraction of sp³-hybridized carbons (Fsp3) is 0.222. The highest BCUT2D eigenvalue weighted by atomic mass is 16.3. The Morgan fingerprint density at radius 1 is 0.905 bits per heavy atom. The molecule has 3 N–H and O–H groups in total. The molecule has 0 amide bonds. The van der Waals surface area contributed by atoms with Crippen LogP contribution in [0.15, 0.2) is 54.7 Å². The van der Waals surface area contributed by atoms with Crippen molar-refractivity contribution < 1.29 is 5.11 Å². The van der Waals surface area contributed by atoms with Gasteiger partial charge in [0, 0.05) is 23.6 Å². The molecule has 0 saturated heterocycles. The summed E-state index contributed by atoms with van der Waals surface area (Å²) in [6.45, 7) is 1.81. The number of H-pyrrole nitrogens is 1. The molecule has 0 spiro atoms. The van der Waals surface area contributed by atoms with Crippen LogP contribution in [0.5, 0.6) is 0 Å². The van der Waals surface area contributed by atoms with Gasteiger partial charge in [0.15, 0.2) is 0 Å². The van der Waals surface area contributed by atoms with Gasteiger partial charge in [-0.15, -0.1) is 0 Å². The molecule has 21 heavy (non-hydrogen) atoms. The van der Waals surface area contributed by atoms with Crippen molar-refractivity contribution in [3.63, 3.8) is 0 Å². The van der Waals surface area contributed by atoms with Crippen LogP contribution in [-0.4, -0.2) is 16.6 Å². The maximum absolute atomic E-state index is 9.31. The van der Waals surface area contributed by atoms with E-state index in [1.54, 1.807) is 0 Å². The summed E-state index contributed by atoms with van der Waals surface area (Å²) in [4.78, 5) is 3.30. The van der Waals surface area contributed by atoms with Crippen LogP contribution in [0.4, 0.5) is 0 Å². The van der Waals surface area contributed by atoms with Gasteiger partial charge in [0.2, 0.25) is 0 Å². The molecular formula is C18H20N2O. The summed E-state index contributed by atoms with van der Waals surface area (Å²) in [5.41, 5.74) is 4.70. The van der Waals surface area contributed by atoms with E-state index in [1.807, 2.05) is 24.3 Å². The third-order valence-electron chi connectivity index (χ3n) is 3.85. The standard InChI is InChI=1S/C18H20N2O/c21-13-16-6-2-1-5-14(16)11-19-10-9-15-12-20-18-8-4-3-7-17(15)18/h1-8,12,19-21H,9-11,13H2. The third kappa shape index (κ3) is 3.15.